The van der Waals surface area contributed by atoms with E-state index in [4.69, 9.17) is 15.6 Å². The van der Waals surface area contributed by atoms with Crippen molar-refractivity contribution in [3.63, 3.8) is 0 Å². The molecule has 0 spiro atoms. The molecule has 0 fully saturated rings. The molecule has 1 aromatic carbocycles. The van der Waals surface area contributed by atoms with Gasteiger partial charge in [-0.3, -0.25) is 0 Å². The molecule has 0 heterocycles. The van der Waals surface area contributed by atoms with Gasteiger partial charge in [0.05, 0.1) is 6.54 Å². The first-order valence-corrected chi connectivity index (χ1v) is 4.61. The van der Waals surface area contributed by atoms with Gasteiger partial charge in [-0.1, -0.05) is 18.2 Å². The van der Waals surface area contributed by atoms with E-state index in [1.165, 1.54) is 0 Å². The Bertz CT molecular complexity index is 328. The van der Waals surface area contributed by atoms with Crippen LogP contribution in [0.25, 0.3) is 0 Å². The molecule has 0 aromatic heterocycles. The zero-order valence-electron chi connectivity index (χ0n) is 8.27. The maximum Gasteiger partial charge on any atom is 0.404 e. The van der Waals surface area contributed by atoms with Crippen molar-refractivity contribution in [3.8, 4) is 5.75 Å². The molecule has 0 aliphatic heterocycles. The maximum absolute atomic E-state index is 10.1. The smallest absolute Gasteiger partial charge is 0.404 e. The van der Waals surface area contributed by atoms with Crippen LogP contribution in [-0.2, 0) is 6.54 Å². The van der Waals surface area contributed by atoms with E-state index in [-0.39, 0.29) is 6.54 Å². The normalized spacial score (nSPS) is 9.67. The Morgan fingerprint density at radius 3 is 2.87 bits per heavy atom. The van der Waals surface area contributed by atoms with Crippen molar-refractivity contribution in [2.75, 3.05) is 13.2 Å². The third kappa shape index (κ3) is 3.86. The van der Waals surface area contributed by atoms with Gasteiger partial charge in [0.25, 0.3) is 0 Å². The molecule has 0 aliphatic rings. The molecule has 1 aromatic rings. The SMILES string of the molecule is NCc1ccccc1OCCNC(=O)O. The highest BCUT2D eigenvalue weighted by Gasteiger charge is 2.00. The molecule has 4 N–H and O–H groups in total. The highest BCUT2D eigenvalue weighted by molar-refractivity contribution is 5.64. The van der Waals surface area contributed by atoms with Crippen molar-refractivity contribution >= 4 is 6.09 Å². The number of nitrogens with two attached hydrogens (primary N) is 1. The zero-order chi connectivity index (χ0) is 11.1. The molecule has 0 bridgehead atoms. The van der Waals surface area contributed by atoms with E-state index in [1.54, 1.807) is 0 Å². The summed E-state index contributed by atoms with van der Waals surface area (Å²) in [6, 6.07) is 7.41. The molecule has 0 radical (unpaired) electrons. The van der Waals surface area contributed by atoms with Gasteiger partial charge in [-0.25, -0.2) is 4.79 Å². The molecule has 5 nitrogen and oxygen atoms in total. The van der Waals surface area contributed by atoms with E-state index >= 15 is 0 Å². The van der Waals surface area contributed by atoms with Gasteiger partial charge in [0.15, 0.2) is 0 Å². The van der Waals surface area contributed by atoms with Crippen molar-refractivity contribution in [3.05, 3.63) is 29.8 Å². The van der Waals surface area contributed by atoms with E-state index in [0.717, 1.165) is 5.56 Å². The highest BCUT2D eigenvalue weighted by atomic mass is 16.5. The number of rotatable bonds is 5. The van der Waals surface area contributed by atoms with Gasteiger partial charge >= 0.3 is 6.09 Å². The largest absolute Gasteiger partial charge is 0.491 e. The standard InChI is InChI=1S/C10H14N2O3/c11-7-8-3-1-2-4-9(8)15-6-5-12-10(13)14/h1-4,12H,5-7,11H2,(H,13,14). The number of benzene rings is 1. The van der Waals surface area contributed by atoms with Crippen LogP contribution in [0.1, 0.15) is 5.56 Å². The summed E-state index contributed by atoms with van der Waals surface area (Å²) in [7, 11) is 0. The summed E-state index contributed by atoms with van der Waals surface area (Å²) in [5.41, 5.74) is 6.42. The average Bonchev–Trinajstić information content (AvgIpc) is 2.24. The summed E-state index contributed by atoms with van der Waals surface area (Å²) >= 11 is 0. The first-order valence-electron chi connectivity index (χ1n) is 4.61. The molecular weight excluding hydrogens is 196 g/mol. The third-order valence-electron chi connectivity index (χ3n) is 1.83. The summed E-state index contributed by atoms with van der Waals surface area (Å²) in [6.07, 6.45) is -1.05. The van der Waals surface area contributed by atoms with Gasteiger partial charge in [0.2, 0.25) is 0 Å². The molecule has 0 atom stereocenters. The minimum Gasteiger partial charge on any atom is -0.491 e. The predicted molar refractivity (Wildman–Crippen MR) is 55.9 cm³/mol. The Morgan fingerprint density at radius 1 is 1.47 bits per heavy atom. The van der Waals surface area contributed by atoms with Crippen LogP contribution in [0.3, 0.4) is 0 Å². The number of carbonyl (C=O) groups is 1. The van der Waals surface area contributed by atoms with E-state index in [0.29, 0.717) is 18.9 Å². The molecule has 5 heteroatoms. The van der Waals surface area contributed by atoms with Gasteiger partial charge in [-0.15, -0.1) is 0 Å². The first kappa shape index (κ1) is 11.3. The van der Waals surface area contributed by atoms with Gasteiger partial charge in [0.1, 0.15) is 12.4 Å². The van der Waals surface area contributed by atoms with Gasteiger partial charge in [0, 0.05) is 12.1 Å². The number of ether oxygens (including phenoxy) is 1. The van der Waals surface area contributed by atoms with E-state index in [1.807, 2.05) is 24.3 Å². The summed E-state index contributed by atoms with van der Waals surface area (Å²) < 4.78 is 5.37. The lowest BCUT2D eigenvalue weighted by Gasteiger charge is -2.09. The summed E-state index contributed by atoms with van der Waals surface area (Å²) in [4.78, 5) is 10.1. The van der Waals surface area contributed by atoms with Crippen molar-refractivity contribution in [2.45, 2.75) is 6.54 Å². The van der Waals surface area contributed by atoms with Crippen molar-refractivity contribution in [1.82, 2.24) is 5.32 Å². The van der Waals surface area contributed by atoms with Crippen LogP contribution in [0.15, 0.2) is 24.3 Å². The van der Waals surface area contributed by atoms with Crippen molar-refractivity contribution < 1.29 is 14.6 Å². The van der Waals surface area contributed by atoms with E-state index in [2.05, 4.69) is 5.32 Å². The Hall–Kier alpha value is -1.75. The second kappa shape index (κ2) is 5.87. The summed E-state index contributed by atoms with van der Waals surface area (Å²) in [5, 5.41) is 10.5. The second-order valence-electron chi connectivity index (χ2n) is 2.89. The molecule has 15 heavy (non-hydrogen) atoms. The molecule has 0 unspecified atom stereocenters. The molecular formula is C10H14N2O3. The average molecular weight is 210 g/mol. The molecule has 0 saturated carbocycles. The van der Waals surface area contributed by atoms with Crippen LogP contribution in [0, 0.1) is 0 Å². The Labute approximate surface area is 87.9 Å². The van der Waals surface area contributed by atoms with Crippen LogP contribution >= 0.6 is 0 Å². The van der Waals surface area contributed by atoms with Crippen LogP contribution in [0.5, 0.6) is 5.75 Å². The first-order chi connectivity index (χ1) is 7.24. The number of amides is 1. The molecule has 1 rings (SSSR count). The Morgan fingerprint density at radius 2 is 2.20 bits per heavy atom. The van der Waals surface area contributed by atoms with Crippen LogP contribution in [-0.4, -0.2) is 24.4 Å². The van der Waals surface area contributed by atoms with Crippen LogP contribution in [0.4, 0.5) is 4.79 Å². The van der Waals surface area contributed by atoms with Crippen LogP contribution in [0.2, 0.25) is 0 Å². The van der Waals surface area contributed by atoms with E-state index in [9.17, 15) is 4.79 Å². The van der Waals surface area contributed by atoms with Gasteiger partial charge in [-0.05, 0) is 6.07 Å². The number of nitrogens with one attached hydrogen (secondary N) is 1. The summed E-state index contributed by atoms with van der Waals surface area (Å²) in [6.45, 7) is 0.958. The topological polar surface area (TPSA) is 84.6 Å². The lowest BCUT2D eigenvalue weighted by molar-refractivity contribution is 0.191. The van der Waals surface area contributed by atoms with E-state index < -0.39 is 6.09 Å². The van der Waals surface area contributed by atoms with Gasteiger partial charge < -0.3 is 20.9 Å². The molecule has 82 valence electrons. The Kier molecular flexibility index (Phi) is 4.43. The molecule has 0 saturated heterocycles. The Balaban J connectivity index is 2.39. The fraction of sp³-hybridized carbons (Fsp3) is 0.300. The minimum atomic E-state index is -1.05. The molecule has 0 aliphatic carbocycles. The zero-order valence-corrected chi connectivity index (χ0v) is 8.27. The number of hydrogen-bond acceptors (Lipinski definition) is 3. The summed E-state index contributed by atoms with van der Waals surface area (Å²) in [5.74, 6) is 0.701. The monoisotopic (exact) mass is 210 g/mol. The fourth-order valence-corrected chi connectivity index (χ4v) is 1.13. The molecule has 1 amide bonds. The minimum absolute atomic E-state index is 0.258. The number of para-hydroxylation sites is 1. The predicted octanol–water partition coefficient (Wildman–Crippen LogP) is 0.792. The second-order valence-corrected chi connectivity index (χ2v) is 2.89. The lowest BCUT2D eigenvalue weighted by Crippen LogP contribution is -2.26. The third-order valence-corrected chi connectivity index (χ3v) is 1.83. The number of carboxylic acid groups (broad SMARTS) is 1. The highest BCUT2D eigenvalue weighted by Crippen LogP contribution is 2.16. The quantitative estimate of drug-likeness (QED) is 0.627. The number of hydrogen-bond donors (Lipinski definition) is 3. The lowest BCUT2D eigenvalue weighted by atomic mass is 10.2. The van der Waals surface area contributed by atoms with Gasteiger partial charge in [-0.2, -0.15) is 0 Å². The van der Waals surface area contributed by atoms with Crippen LogP contribution < -0.4 is 15.8 Å². The fourth-order valence-electron chi connectivity index (χ4n) is 1.13. The van der Waals surface area contributed by atoms with Crippen molar-refractivity contribution in [2.24, 2.45) is 5.73 Å². The maximum atomic E-state index is 10.1. The van der Waals surface area contributed by atoms with Crippen molar-refractivity contribution in [1.29, 1.82) is 0 Å².